The van der Waals surface area contributed by atoms with Gasteiger partial charge in [0.1, 0.15) is 5.82 Å². The minimum Gasteiger partial charge on any atom is -0.379 e. The summed E-state index contributed by atoms with van der Waals surface area (Å²) >= 11 is 0. The minimum absolute atomic E-state index is 0.702. The first-order valence-corrected chi connectivity index (χ1v) is 9.02. The molecule has 2 saturated heterocycles. The second-order valence-electron chi connectivity index (χ2n) is 6.99. The van der Waals surface area contributed by atoms with Gasteiger partial charge in [0.05, 0.1) is 13.2 Å². The van der Waals surface area contributed by atoms with Crippen LogP contribution in [0.1, 0.15) is 24.1 Å². The van der Waals surface area contributed by atoms with Crippen LogP contribution in [-0.4, -0.2) is 60.3 Å². The SMILES string of the molecule is Cc1cc(C)c2ccc(N3CCC(N4CCOCC4)CC3)nc2n1. The molecule has 0 spiro atoms. The standard InChI is InChI=1S/C19H26N4O/c1-14-13-15(2)20-19-17(14)3-4-18(21-19)23-7-5-16(6-8-23)22-9-11-24-12-10-22/h3-4,13,16H,5-12H2,1-2H3. The normalized spacial score (nSPS) is 20.7. The molecule has 5 heteroatoms. The van der Waals surface area contributed by atoms with Crippen LogP contribution < -0.4 is 4.90 Å². The highest BCUT2D eigenvalue weighted by atomic mass is 16.5. The van der Waals surface area contributed by atoms with Gasteiger partial charge in [0.25, 0.3) is 0 Å². The third kappa shape index (κ3) is 3.10. The largest absolute Gasteiger partial charge is 0.379 e. The van der Waals surface area contributed by atoms with E-state index in [9.17, 15) is 0 Å². The Balaban J connectivity index is 1.48. The average Bonchev–Trinajstić information content (AvgIpc) is 2.62. The van der Waals surface area contributed by atoms with Gasteiger partial charge in [-0.15, -0.1) is 0 Å². The zero-order valence-electron chi connectivity index (χ0n) is 14.7. The number of anilines is 1. The van der Waals surface area contributed by atoms with Crippen LogP contribution in [0.3, 0.4) is 0 Å². The topological polar surface area (TPSA) is 41.5 Å². The Hall–Kier alpha value is -1.72. The number of aromatic nitrogens is 2. The summed E-state index contributed by atoms with van der Waals surface area (Å²) in [6.45, 7) is 10.3. The molecular formula is C19H26N4O. The van der Waals surface area contributed by atoms with Crippen molar-refractivity contribution in [1.82, 2.24) is 14.9 Å². The molecule has 0 aromatic carbocycles. The molecule has 0 bridgehead atoms. The van der Waals surface area contributed by atoms with E-state index < -0.39 is 0 Å². The van der Waals surface area contributed by atoms with Crippen LogP contribution in [0.25, 0.3) is 11.0 Å². The Labute approximate surface area is 143 Å². The van der Waals surface area contributed by atoms with E-state index in [-0.39, 0.29) is 0 Å². The van der Waals surface area contributed by atoms with E-state index in [1.54, 1.807) is 0 Å². The number of fused-ring (bicyclic) bond motifs is 1. The van der Waals surface area contributed by atoms with E-state index >= 15 is 0 Å². The molecule has 0 atom stereocenters. The quantitative estimate of drug-likeness (QED) is 0.848. The molecule has 0 N–H and O–H groups in total. The minimum atomic E-state index is 0.702. The van der Waals surface area contributed by atoms with Gasteiger partial charge in [-0.1, -0.05) is 0 Å². The van der Waals surface area contributed by atoms with Crippen LogP contribution >= 0.6 is 0 Å². The van der Waals surface area contributed by atoms with Crippen molar-refractivity contribution < 1.29 is 4.74 Å². The Morgan fingerprint density at radius 1 is 1.00 bits per heavy atom. The number of pyridine rings is 2. The third-order valence-corrected chi connectivity index (χ3v) is 5.34. The van der Waals surface area contributed by atoms with Crippen LogP contribution in [0, 0.1) is 13.8 Å². The van der Waals surface area contributed by atoms with Crippen molar-refractivity contribution in [2.45, 2.75) is 32.7 Å². The Bertz CT molecular complexity index is 719. The van der Waals surface area contributed by atoms with Gasteiger partial charge in [-0.3, -0.25) is 4.90 Å². The molecule has 4 heterocycles. The summed E-state index contributed by atoms with van der Waals surface area (Å²) in [5, 5.41) is 1.16. The smallest absolute Gasteiger partial charge is 0.162 e. The van der Waals surface area contributed by atoms with Crippen molar-refractivity contribution in [1.29, 1.82) is 0 Å². The van der Waals surface area contributed by atoms with Crippen molar-refractivity contribution >= 4 is 16.9 Å². The van der Waals surface area contributed by atoms with Crippen molar-refractivity contribution in [3.63, 3.8) is 0 Å². The van der Waals surface area contributed by atoms with Crippen LogP contribution in [-0.2, 0) is 4.74 Å². The van der Waals surface area contributed by atoms with E-state index in [1.807, 2.05) is 6.92 Å². The summed E-state index contributed by atoms with van der Waals surface area (Å²) in [4.78, 5) is 14.5. The Morgan fingerprint density at radius 2 is 1.75 bits per heavy atom. The number of piperidine rings is 1. The molecule has 2 aliphatic heterocycles. The molecule has 0 radical (unpaired) electrons. The van der Waals surface area contributed by atoms with Gasteiger partial charge in [-0.25, -0.2) is 9.97 Å². The number of ether oxygens (including phenoxy) is 1. The summed E-state index contributed by atoms with van der Waals surface area (Å²) in [6.07, 6.45) is 2.42. The first kappa shape index (κ1) is 15.8. The zero-order valence-corrected chi connectivity index (χ0v) is 14.7. The van der Waals surface area contributed by atoms with Crippen molar-refractivity contribution in [3.8, 4) is 0 Å². The molecule has 4 rings (SSSR count). The van der Waals surface area contributed by atoms with Gasteiger partial charge >= 0.3 is 0 Å². The lowest BCUT2D eigenvalue weighted by atomic mass is 10.0. The summed E-state index contributed by atoms with van der Waals surface area (Å²) in [6, 6.07) is 7.15. The van der Waals surface area contributed by atoms with E-state index in [1.165, 1.54) is 18.4 Å². The summed E-state index contributed by atoms with van der Waals surface area (Å²) in [7, 11) is 0. The monoisotopic (exact) mass is 326 g/mol. The van der Waals surface area contributed by atoms with Gasteiger partial charge in [-0.05, 0) is 50.5 Å². The maximum absolute atomic E-state index is 5.47. The number of hydrogen-bond acceptors (Lipinski definition) is 5. The van der Waals surface area contributed by atoms with Crippen molar-refractivity contribution in [3.05, 3.63) is 29.5 Å². The van der Waals surface area contributed by atoms with Gasteiger partial charge in [0.15, 0.2) is 5.65 Å². The molecule has 2 aromatic heterocycles. The van der Waals surface area contributed by atoms with Crippen molar-refractivity contribution in [2.75, 3.05) is 44.3 Å². The van der Waals surface area contributed by atoms with E-state index in [0.29, 0.717) is 6.04 Å². The van der Waals surface area contributed by atoms with E-state index in [4.69, 9.17) is 9.72 Å². The fraction of sp³-hybridized carbons (Fsp3) is 0.579. The van der Waals surface area contributed by atoms with E-state index in [2.05, 4.69) is 39.9 Å². The Morgan fingerprint density at radius 3 is 2.50 bits per heavy atom. The highest BCUT2D eigenvalue weighted by Crippen LogP contribution is 2.24. The fourth-order valence-electron chi connectivity index (χ4n) is 4.00. The highest BCUT2D eigenvalue weighted by molar-refractivity contribution is 5.80. The lowest BCUT2D eigenvalue weighted by Gasteiger charge is -2.40. The first-order valence-electron chi connectivity index (χ1n) is 9.02. The molecule has 5 nitrogen and oxygen atoms in total. The lowest BCUT2D eigenvalue weighted by Crippen LogP contribution is -2.49. The van der Waals surface area contributed by atoms with Crippen LogP contribution in [0.2, 0.25) is 0 Å². The molecule has 128 valence electrons. The molecule has 2 fully saturated rings. The van der Waals surface area contributed by atoms with Gasteiger partial charge in [-0.2, -0.15) is 0 Å². The third-order valence-electron chi connectivity index (χ3n) is 5.34. The van der Waals surface area contributed by atoms with Gasteiger partial charge in [0.2, 0.25) is 0 Å². The molecule has 0 aliphatic carbocycles. The summed E-state index contributed by atoms with van der Waals surface area (Å²) in [5.74, 6) is 1.07. The first-order chi connectivity index (χ1) is 11.7. The zero-order chi connectivity index (χ0) is 16.5. The van der Waals surface area contributed by atoms with Crippen LogP contribution in [0.5, 0.6) is 0 Å². The Kier molecular flexibility index (Phi) is 4.37. The number of rotatable bonds is 2. The second kappa shape index (κ2) is 6.65. The van der Waals surface area contributed by atoms with Crippen LogP contribution in [0.4, 0.5) is 5.82 Å². The number of nitrogens with zero attached hydrogens (tertiary/aromatic N) is 4. The molecule has 0 amide bonds. The number of aryl methyl sites for hydroxylation is 2. The predicted octanol–water partition coefficient (Wildman–Crippen LogP) is 2.55. The summed E-state index contributed by atoms with van der Waals surface area (Å²) < 4.78 is 5.47. The molecule has 2 aliphatic rings. The van der Waals surface area contributed by atoms with Gasteiger partial charge in [0, 0.05) is 43.3 Å². The number of morpholine rings is 1. The van der Waals surface area contributed by atoms with Crippen LogP contribution in [0.15, 0.2) is 18.2 Å². The molecule has 0 saturated carbocycles. The molecule has 0 unspecified atom stereocenters. The average molecular weight is 326 g/mol. The summed E-state index contributed by atoms with van der Waals surface area (Å²) in [5.41, 5.74) is 3.17. The van der Waals surface area contributed by atoms with Crippen molar-refractivity contribution in [2.24, 2.45) is 0 Å². The maximum Gasteiger partial charge on any atom is 0.162 e. The predicted molar refractivity (Wildman–Crippen MR) is 96.6 cm³/mol. The van der Waals surface area contributed by atoms with Gasteiger partial charge < -0.3 is 9.64 Å². The molecule has 24 heavy (non-hydrogen) atoms. The second-order valence-corrected chi connectivity index (χ2v) is 6.99. The molecular weight excluding hydrogens is 300 g/mol. The fourth-order valence-corrected chi connectivity index (χ4v) is 4.00. The maximum atomic E-state index is 5.47. The van der Waals surface area contributed by atoms with E-state index in [0.717, 1.165) is 61.9 Å². The highest BCUT2D eigenvalue weighted by Gasteiger charge is 2.26. The molecule has 2 aromatic rings. The number of hydrogen-bond donors (Lipinski definition) is 0. The lowest BCUT2D eigenvalue weighted by molar-refractivity contribution is 0.0115.